The van der Waals surface area contributed by atoms with Gasteiger partial charge in [0.05, 0.1) is 19.3 Å². The van der Waals surface area contributed by atoms with Crippen LogP contribution < -0.4 is 0 Å². The number of carbonyl (C=O) groups is 1. The Balaban J connectivity index is 1.89. The second kappa shape index (κ2) is 6.06. The van der Waals surface area contributed by atoms with Crippen LogP contribution >= 0.6 is 0 Å². The van der Waals surface area contributed by atoms with E-state index in [0.29, 0.717) is 25.3 Å². The highest BCUT2D eigenvalue weighted by Gasteiger charge is 2.29. The highest BCUT2D eigenvalue weighted by atomic mass is 19.1. The number of rotatable bonds is 2. The molecule has 21 heavy (non-hydrogen) atoms. The molecule has 108 valence electrons. The van der Waals surface area contributed by atoms with Gasteiger partial charge in [0.2, 0.25) is 0 Å². The minimum Gasteiger partial charge on any atom is -0.377 e. The van der Waals surface area contributed by atoms with Crippen LogP contribution in [0.5, 0.6) is 0 Å². The number of hydrogen-bond donors (Lipinski definition) is 0. The van der Waals surface area contributed by atoms with E-state index in [4.69, 9.17) is 4.74 Å². The van der Waals surface area contributed by atoms with Gasteiger partial charge in [-0.25, -0.2) is 4.39 Å². The Labute approximate surface area is 123 Å². The average Bonchev–Trinajstić information content (AvgIpc) is 2.55. The summed E-state index contributed by atoms with van der Waals surface area (Å²) in [7, 11) is 0. The highest BCUT2D eigenvalue weighted by Crippen LogP contribution is 2.25. The van der Waals surface area contributed by atoms with Crippen molar-refractivity contribution in [1.82, 2.24) is 4.90 Å². The fourth-order valence-corrected chi connectivity index (χ4v) is 2.59. The zero-order valence-corrected chi connectivity index (χ0v) is 11.5. The summed E-state index contributed by atoms with van der Waals surface area (Å²) in [5.41, 5.74) is 1.40. The summed E-state index contributed by atoms with van der Waals surface area (Å²) in [6.07, 6.45) is 0. The van der Waals surface area contributed by atoms with Crippen LogP contribution in [-0.4, -0.2) is 30.6 Å². The summed E-state index contributed by atoms with van der Waals surface area (Å²) in [5.74, 6) is -0.558. The minimum absolute atomic E-state index is 0.129. The molecule has 0 aromatic heterocycles. The molecule has 0 spiro atoms. The molecule has 2 aromatic carbocycles. The zero-order valence-electron chi connectivity index (χ0n) is 11.5. The number of ether oxygens (including phenoxy) is 1. The van der Waals surface area contributed by atoms with E-state index in [9.17, 15) is 9.18 Å². The number of hydrogen-bond acceptors (Lipinski definition) is 2. The molecule has 1 aliphatic rings. The fraction of sp³-hybridized carbons (Fsp3) is 0.235. The van der Waals surface area contributed by atoms with Crippen molar-refractivity contribution >= 4 is 5.91 Å². The molecule has 4 heteroatoms. The quantitative estimate of drug-likeness (QED) is 0.849. The van der Waals surface area contributed by atoms with E-state index in [-0.39, 0.29) is 11.9 Å². The van der Waals surface area contributed by atoms with Crippen LogP contribution in [-0.2, 0) is 4.74 Å². The van der Waals surface area contributed by atoms with Crippen LogP contribution in [0.1, 0.15) is 22.0 Å². The van der Waals surface area contributed by atoms with Gasteiger partial charge in [0.1, 0.15) is 5.82 Å². The molecule has 1 heterocycles. The molecule has 1 amide bonds. The van der Waals surface area contributed by atoms with Crippen molar-refractivity contribution in [3.05, 3.63) is 71.5 Å². The summed E-state index contributed by atoms with van der Waals surface area (Å²) >= 11 is 0. The largest absolute Gasteiger partial charge is 0.377 e. The Hall–Kier alpha value is -2.20. The second-order valence-corrected chi connectivity index (χ2v) is 5.01. The van der Waals surface area contributed by atoms with Crippen LogP contribution in [0.15, 0.2) is 54.6 Å². The molecular formula is C17H16FNO2. The molecule has 0 radical (unpaired) electrons. The van der Waals surface area contributed by atoms with E-state index in [1.165, 1.54) is 12.1 Å². The van der Waals surface area contributed by atoms with Crippen molar-refractivity contribution in [2.75, 3.05) is 19.8 Å². The molecule has 0 saturated carbocycles. The van der Waals surface area contributed by atoms with Crippen molar-refractivity contribution < 1.29 is 13.9 Å². The maximum Gasteiger partial charge on any atom is 0.254 e. The lowest BCUT2D eigenvalue weighted by Crippen LogP contribution is -2.43. The number of morpholine rings is 1. The topological polar surface area (TPSA) is 29.5 Å². The number of carbonyl (C=O) groups excluding carboxylic acids is 1. The Morgan fingerprint density at radius 2 is 1.95 bits per heavy atom. The van der Waals surface area contributed by atoms with Crippen LogP contribution in [0.3, 0.4) is 0 Å². The first-order valence-electron chi connectivity index (χ1n) is 6.95. The van der Waals surface area contributed by atoms with Crippen molar-refractivity contribution in [2.24, 2.45) is 0 Å². The lowest BCUT2D eigenvalue weighted by Gasteiger charge is -2.36. The maximum atomic E-state index is 13.3. The van der Waals surface area contributed by atoms with Gasteiger partial charge < -0.3 is 9.64 Å². The van der Waals surface area contributed by atoms with E-state index in [1.807, 2.05) is 30.3 Å². The molecule has 1 fully saturated rings. The van der Waals surface area contributed by atoms with E-state index >= 15 is 0 Å². The van der Waals surface area contributed by atoms with Crippen molar-refractivity contribution in [1.29, 1.82) is 0 Å². The van der Waals surface area contributed by atoms with E-state index < -0.39 is 5.82 Å². The molecule has 0 bridgehead atoms. The Bertz CT molecular complexity index is 630. The Kier molecular flexibility index (Phi) is 3.97. The lowest BCUT2D eigenvalue weighted by molar-refractivity contribution is -0.00271. The van der Waals surface area contributed by atoms with Crippen molar-refractivity contribution in [2.45, 2.75) is 6.04 Å². The SMILES string of the molecule is O=C(c1cccc(F)c1)N1CCOCC1c1ccccc1. The standard InChI is InChI=1S/C17H16FNO2/c18-15-8-4-7-14(11-15)17(20)19-9-10-21-12-16(19)13-5-2-1-3-6-13/h1-8,11,16H,9-10,12H2. The van der Waals surface area contributed by atoms with Gasteiger partial charge in [-0.1, -0.05) is 36.4 Å². The van der Waals surface area contributed by atoms with E-state index in [0.717, 1.165) is 5.56 Å². The second-order valence-electron chi connectivity index (χ2n) is 5.01. The third-order valence-corrected chi connectivity index (χ3v) is 3.65. The van der Waals surface area contributed by atoms with Crippen molar-refractivity contribution in [3.63, 3.8) is 0 Å². The maximum absolute atomic E-state index is 13.3. The van der Waals surface area contributed by atoms with Crippen LogP contribution in [0.4, 0.5) is 4.39 Å². The normalized spacial score (nSPS) is 18.5. The van der Waals surface area contributed by atoms with Crippen LogP contribution in [0.25, 0.3) is 0 Å². The fourth-order valence-electron chi connectivity index (χ4n) is 2.59. The zero-order chi connectivity index (χ0) is 14.7. The molecule has 0 aliphatic carbocycles. The molecule has 1 aliphatic heterocycles. The number of halogens is 1. The van der Waals surface area contributed by atoms with Gasteiger partial charge in [0.25, 0.3) is 5.91 Å². The van der Waals surface area contributed by atoms with E-state index in [2.05, 4.69) is 0 Å². The molecule has 1 saturated heterocycles. The van der Waals surface area contributed by atoms with Crippen LogP contribution in [0, 0.1) is 5.82 Å². The summed E-state index contributed by atoms with van der Waals surface area (Å²) in [6, 6.07) is 15.5. The first kappa shape index (κ1) is 13.8. The minimum atomic E-state index is -0.398. The Morgan fingerprint density at radius 1 is 1.14 bits per heavy atom. The molecular weight excluding hydrogens is 269 g/mol. The lowest BCUT2D eigenvalue weighted by atomic mass is 10.0. The average molecular weight is 285 g/mol. The predicted octanol–water partition coefficient (Wildman–Crippen LogP) is 3.04. The third-order valence-electron chi connectivity index (χ3n) is 3.65. The summed E-state index contributed by atoms with van der Waals surface area (Å²) in [6.45, 7) is 1.48. The van der Waals surface area contributed by atoms with Gasteiger partial charge in [0.15, 0.2) is 0 Å². The Morgan fingerprint density at radius 3 is 2.71 bits per heavy atom. The molecule has 3 nitrogen and oxygen atoms in total. The van der Waals surface area contributed by atoms with E-state index in [1.54, 1.807) is 17.0 Å². The predicted molar refractivity (Wildman–Crippen MR) is 77.4 cm³/mol. The van der Waals surface area contributed by atoms with Gasteiger partial charge in [-0.05, 0) is 23.8 Å². The molecule has 1 atom stereocenters. The van der Waals surface area contributed by atoms with Gasteiger partial charge in [-0.15, -0.1) is 0 Å². The van der Waals surface area contributed by atoms with Gasteiger partial charge in [0, 0.05) is 12.1 Å². The third kappa shape index (κ3) is 2.95. The monoisotopic (exact) mass is 285 g/mol. The van der Waals surface area contributed by atoms with Crippen LogP contribution in [0.2, 0.25) is 0 Å². The molecule has 0 N–H and O–H groups in total. The molecule has 2 aromatic rings. The first-order valence-corrected chi connectivity index (χ1v) is 6.95. The van der Waals surface area contributed by atoms with Gasteiger partial charge in [-0.2, -0.15) is 0 Å². The first-order chi connectivity index (χ1) is 10.3. The summed E-state index contributed by atoms with van der Waals surface area (Å²) < 4.78 is 18.8. The molecule has 3 rings (SSSR count). The highest BCUT2D eigenvalue weighted by molar-refractivity contribution is 5.94. The number of amides is 1. The smallest absolute Gasteiger partial charge is 0.254 e. The van der Waals surface area contributed by atoms with Gasteiger partial charge in [-0.3, -0.25) is 4.79 Å². The number of nitrogens with zero attached hydrogens (tertiary/aromatic N) is 1. The van der Waals surface area contributed by atoms with Crippen molar-refractivity contribution in [3.8, 4) is 0 Å². The summed E-state index contributed by atoms with van der Waals surface area (Å²) in [4.78, 5) is 14.4. The van der Waals surface area contributed by atoms with Gasteiger partial charge >= 0.3 is 0 Å². The summed E-state index contributed by atoms with van der Waals surface area (Å²) in [5, 5.41) is 0. The molecule has 1 unspecified atom stereocenters. The number of benzene rings is 2.